The van der Waals surface area contributed by atoms with Crippen LogP contribution >= 0.6 is 0 Å². The molecule has 0 aromatic carbocycles. The summed E-state index contributed by atoms with van der Waals surface area (Å²) in [4.78, 5) is 10.2. The van der Waals surface area contributed by atoms with Crippen LogP contribution in [-0.2, 0) is 14.5 Å². The standard InChI is InChI=1S/C11H19O3/c1-7-10(12-9(3)4)13-14-11(5,6)8-2/h7,9-10H,1,8H2,2-3,5-6H3. The molecule has 0 fully saturated rings. The zero-order chi connectivity index (χ0) is 11.2. The third-order valence-corrected chi connectivity index (χ3v) is 1.75. The fourth-order valence-electron chi connectivity index (χ4n) is 0.555. The largest absolute Gasteiger partial charge is 0.343 e. The SMILES string of the molecule is [C]C(C)OC(C=C)OOC(C)(C)CC. The monoisotopic (exact) mass is 199 g/mol. The van der Waals surface area contributed by atoms with Crippen molar-refractivity contribution in [1.29, 1.82) is 0 Å². The van der Waals surface area contributed by atoms with Crippen molar-refractivity contribution in [3.8, 4) is 0 Å². The molecular formula is C11H19O3. The lowest BCUT2D eigenvalue weighted by Gasteiger charge is -2.24. The van der Waals surface area contributed by atoms with E-state index in [1.807, 2.05) is 20.8 Å². The number of rotatable bonds is 7. The Labute approximate surface area is 87.0 Å². The molecule has 2 atom stereocenters. The minimum absolute atomic E-state index is 0.351. The Hall–Kier alpha value is -0.380. The lowest BCUT2D eigenvalue weighted by atomic mass is 10.1. The minimum atomic E-state index is -0.687. The molecule has 0 aliphatic rings. The highest BCUT2D eigenvalue weighted by atomic mass is 17.2. The van der Waals surface area contributed by atoms with E-state index in [0.29, 0.717) is 0 Å². The van der Waals surface area contributed by atoms with Crippen molar-refractivity contribution in [3.63, 3.8) is 0 Å². The van der Waals surface area contributed by atoms with E-state index in [1.54, 1.807) is 6.92 Å². The normalized spacial score (nSPS) is 14.4. The highest BCUT2D eigenvalue weighted by Crippen LogP contribution is 2.15. The van der Waals surface area contributed by atoms with Crippen LogP contribution in [-0.4, -0.2) is 18.0 Å². The van der Waals surface area contributed by atoms with E-state index in [-0.39, 0.29) is 5.60 Å². The Morgan fingerprint density at radius 3 is 2.43 bits per heavy atom. The van der Waals surface area contributed by atoms with Gasteiger partial charge in [0.25, 0.3) is 0 Å². The second kappa shape index (κ2) is 6.17. The summed E-state index contributed by atoms with van der Waals surface area (Å²) in [5.74, 6) is 0. The summed E-state index contributed by atoms with van der Waals surface area (Å²) in [6.45, 7) is 18.1. The molecule has 3 heteroatoms. The van der Waals surface area contributed by atoms with E-state index >= 15 is 0 Å². The van der Waals surface area contributed by atoms with Gasteiger partial charge < -0.3 is 4.74 Å². The topological polar surface area (TPSA) is 27.7 Å². The quantitative estimate of drug-likeness (QED) is 0.273. The Kier molecular flexibility index (Phi) is 6.00. The molecule has 0 amide bonds. The lowest BCUT2D eigenvalue weighted by Crippen LogP contribution is -2.28. The molecule has 0 aliphatic carbocycles. The summed E-state index contributed by atoms with van der Waals surface area (Å²) < 4.78 is 5.04. The van der Waals surface area contributed by atoms with E-state index < -0.39 is 12.4 Å². The molecule has 0 N–H and O–H groups in total. The average molecular weight is 199 g/mol. The average Bonchev–Trinajstić information content (AvgIpc) is 2.12. The van der Waals surface area contributed by atoms with Gasteiger partial charge in [0.1, 0.15) is 0 Å². The van der Waals surface area contributed by atoms with Crippen LogP contribution in [0.25, 0.3) is 0 Å². The number of ether oxygens (including phenoxy) is 1. The van der Waals surface area contributed by atoms with Gasteiger partial charge in [-0.3, -0.25) is 0 Å². The van der Waals surface area contributed by atoms with Gasteiger partial charge in [0.2, 0.25) is 6.29 Å². The van der Waals surface area contributed by atoms with Gasteiger partial charge in [0.05, 0.1) is 11.7 Å². The molecule has 0 saturated heterocycles. The molecule has 14 heavy (non-hydrogen) atoms. The molecular weight excluding hydrogens is 180 g/mol. The van der Waals surface area contributed by atoms with Crippen molar-refractivity contribution in [2.75, 3.05) is 0 Å². The maximum atomic E-state index is 7.19. The van der Waals surface area contributed by atoms with Gasteiger partial charge in [-0.25, -0.2) is 4.89 Å². The summed E-state index contributed by atoms with van der Waals surface area (Å²) in [7, 11) is 0. The maximum absolute atomic E-state index is 7.19. The maximum Gasteiger partial charge on any atom is 0.210 e. The van der Waals surface area contributed by atoms with Crippen molar-refractivity contribution in [2.45, 2.75) is 52.1 Å². The van der Waals surface area contributed by atoms with Crippen molar-refractivity contribution in [3.05, 3.63) is 19.6 Å². The molecule has 0 bridgehead atoms. The second-order valence-electron chi connectivity index (χ2n) is 3.68. The molecule has 3 nitrogen and oxygen atoms in total. The minimum Gasteiger partial charge on any atom is -0.343 e. The van der Waals surface area contributed by atoms with Crippen LogP contribution in [0.2, 0.25) is 0 Å². The van der Waals surface area contributed by atoms with Gasteiger partial charge >= 0.3 is 0 Å². The second-order valence-corrected chi connectivity index (χ2v) is 3.68. The Balaban J connectivity index is 3.89. The first-order valence-electron chi connectivity index (χ1n) is 4.75. The van der Waals surface area contributed by atoms with Crippen LogP contribution < -0.4 is 0 Å². The lowest BCUT2D eigenvalue weighted by molar-refractivity contribution is -0.410. The summed E-state index contributed by atoms with van der Waals surface area (Å²) >= 11 is 0. The van der Waals surface area contributed by atoms with Gasteiger partial charge in [-0.15, -0.1) is 0 Å². The predicted molar refractivity (Wildman–Crippen MR) is 54.3 cm³/mol. The van der Waals surface area contributed by atoms with Gasteiger partial charge in [0.15, 0.2) is 0 Å². The number of hydrogen-bond acceptors (Lipinski definition) is 3. The molecule has 2 unspecified atom stereocenters. The van der Waals surface area contributed by atoms with E-state index in [0.717, 1.165) is 6.42 Å². The predicted octanol–water partition coefficient (Wildman–Crippen LogP) is 2.63. The van der Waals surface area contributed by atoms with Crippen molar-refractivity contribution in [2.24, 2.45) is 0 Å². The molecule has 3 radical (unpaired) electrons. The van der Waals surface area contributed by atoms with Crippen LogP contribution in [0.1, 0.15) is 34.1 Å². The molecule has 0 aliphatic heterocycles. The van der Waals surface area contributed by atoms with Gasteiger partial charge in [-0.05, 0) is 33.3 Å². The van der Waals surface area contributed by atoms with Crippen molar-refractivity contribution < 1.29 is 14.5 Å². The number of hydrogen-bond donors (Lipinski definition) is 0. The van der Waals surface area contributed by atoms with E-state index in [4.69, 9.17) is 21.4 Å². The summed E-state index contributed by atoms with van der Waals surface area (Å²) in [6.07, 6.45) is 0.934. The first-order valence-corrected chi connectivity index (χ1v) is 4.75. The van der Waals surface area contributed by atoms with E-state index in [2.05, 4.69) is 6.58 Å². The molecule has 0 heterocycles. The molecule has 0 aromatic rings. The van der Waals surface area contributed by atoms with Crippen LogP contribution in [0, 0.1) is 6.92 Å². The van der Waals surface area contributed by atoms with Crippen LogP contribution in [0.3, 0.4) is 0 Å². The zero-order valence-corrected chi connectivity index (χ0v) is 9.37. The van der Waals surface area contributed by atoms with Crippen LogP contribution in [0.4, 0.5) is 0 Å². The highest BCUT2D eigenvalue weighted by molar-refractivity contribution is 4.73. The Bertz CT molecular complexity index is 164. The van der Waals surface area contributed by atoms with E-state index in [9.17, 15) is 0 Å². The molecule has 0 rings (SSSR count). The fraction of sp³-hybridized carbons (Fsp3) is 0.727. The Morgan fingerprint density at radius 2 is 2.07 bits per heavy atom. The third-order valence-electron chi connectivity index (χ3n) is 1.75. The molecule has 0 saturated carbocycles. The van der Waals surface area contributed by atoms with Crippen molar-refractivity contribution >= 4 is 0 Å². The first kappa shape index (κ1) is 13.6. The molecule has 0 spiro atoms. The molecule has 81 valence electrons. The summed E-state index contributed by atoms with van der Waals surface area (Å²) in [6, 6.07) is 0. The van der Waals surface area contributed by atoms with Crippen LogP contribution in [0.15, 0.2) is 12.7 Å². The smallest absolute Gasteiger partial charge is 0.210 e. The Morgan fingerprint density at radius 1 is 1.50 bits per heavy atom. The summed E-state index contributed by atoms with van der Waals surface area (Å²) in [5.41, 5.74) is -0.351. The van der Waals surface area contributed by atoms with Gasteiger partial charge in [-0.2, -0.15) is 4.89 Å². The fourth-order valence-corrected chi connectivity index (χ4v) is 0.555. The third kappa shape index (κ3) is 6.13. The zero-order valence-electron chi connectivity index (χ0n) is 9.37. The summed E-state index contributed by atoms with van der Waals surface area (Å²) in [5, 5.41) is 0. The van der Waals surface area contributed by atoms with Gasteiger partial charge in [0, 0.05) is 6.92 Å². The van der Waals surface area contributed by atoms with Crippen LogP contribution in [0.5, 0.6) is 0 Å². The molecule has 0 aromatic heterocycles. The highest BCUT2D eigenvalue weighted by Gasteiger charge is 2.19. The van der Waals surface area contributed by atoms with Crippen molar-refractivity contribution in [1.82, 2.24) is 0 Å². The van der Waals surface area contributed by atoms with Gasteiger partial charge in [-0.1, -0.05) is 13.5 Å². The first-order chi connectivity index (χ1) is 6.41. The van der Waals surface area contributed by atoms with E-state index in [1.165, 1.54) is 6.08 Å².